The molecule has 1 saturated heterocycles. The van der Waals surface area contributed by atoms with Crippen molar-refractivity contribution in [3.05, 3.63) is 89.5 Å². The van der Waals surface area contributed by atoms with Crippen molar-refractivity contribution in [3.8, 4) is 5.75 Å². The van der Waals surface area contributed by atoms with Gasteiger partial charge < -0.3 is 4.74 Å². The molecule has 0 aliphatic carbocycles. The number of amides is 2. The number of aryl methyl sites for hydroxylation is 2. The largest absolute Gasteiger partial charge is 0.495 e. The van der Waals surface area contributed by atoms with Crippen molar-refractivity contribution in [2.75, 3.05) is 23.5 Å². The zero-order valence-corrected chi connectivity index (χ0v) is 17.3. The molecule has 5 nitrogen and oxygen atoms in total. The Labute approximate surface area is 176 Å². The van der Waals surface area contributed by atoms with Gasteiger partial charge in [0.2, 0.25) is 5.91 Å². The molecule has 0 N–H and O–H groups in total. The van der Waals surface area contributed by atoms with E-state index in [1.165, 1.54) is 4.90 Å². The summed E-state index contributed by atoms with van der Waals surface area (Å²) in [5.41, 5.74) is 4.20. The highest BCUT2D eigenvalue weighted by Crippen LogP contribution is 2.38. The van der Waals surface area contributed by atoms with E-state index in [0.29, 0.717) is 11.4 Å². The minimum atomic E-state index is -0.751. The van der Waals surface area contributed by atoms with Crippen LogP contribution in [0.3, 0.4) is 0 Å². The third kappa shape index (κ3) is 3.43. The van der Waals surface area contributed by atoms with Gasteiger partial charge in [0.05, 0.1) is 12.8 Å². The molecule has 0 saturated carbocycles. The van der Waals surface area contributed by atoms with Gasteiger partial charge in [-0.25, -0.2) is 0 Å². The molecule has 0 radical (unpaired) electrons. The van der Waals surface area contributed by atoms with Crippen LogP contribution in [0, 0.1) is 13.8 Å². The zero-order chi connectivity index (χ0) is 21.3. The standard InChI is InChI=1S/C25H24N2O3/c1-17-13-14-20(18(2)15-17)27-23(28)16-26(21-11-7-8-12-22(21)30-3)25(29)24(27)19-9-5-4-6-10-19/h4-15,24H,16H2,1-3H3. The molecule has 3 aromatic carbocycles. The van der Waals surface area contributed by atoms with Crippen molar-refractivity contribution >= 4 is 23.2 Å². The Morgan fingerprint density at radius 3 is 2.27 bits per heavy atom. The van der Waals surface area contributed by atoms with E-state index in [1.54, 1.807) is 24.1 Å². The van der Waals surface area contributed by atoms with E-state index in [0.717, 1.165) is 22.4 Å². The molecule has 5 heteroatoms. The van der Waals surface area contributed by atoms with Crippen LogP contribution in [-0.2, 0) is 9.59 Å². The Morgan fingerprint density at radius 2 is 1.57 bits per heavy atom. The Balaban J connectivity index is 1.85. The summed E-state index contributed by atoms with van der Waals surface area (Å²) in [6.07, 6.45) is 0. The summed E-state index contributed by atoms with van der Waals surface area (Å²) in [7, 11) is 1.56. The molecule has 2 amide bonds. The van der Waals surface area contributed by atoms with Gasteiger partial charge in [-0.15, -0.1) is 0 Å². The molecule has 1 heterocycles. The number of carbonyl (C=O) groups is 2. The minimum Gasteiger partial charge on any atom is -0.495 e. The van der Waals surface area contributed by atoms with Crippen LogP contribution in [0.5, 0.6) is 5.75 Å². The average molecular weight is 400 g/mol. The fourth-order valence-corrected chi connectivity index (χ4v) is 4.02. The maximum Gasteiger partial charge on any atom is 0.255 e. The summed E-state index contributed by atoms with van der Waals surface area (Å²) < 4.78 is 5.45. The Kier molecular flexibility index (Phi) is 5.27. The number of rotatable bonds is 4. The van der Waals surface area contributed by atoms with Crippen LogP contribution >= 0.6 is 0 Å². The van der Waals surface area contributed by atoms with Gasteiger partial charge in [0.25, 0.3) is 5.91 Å². The Morgan fingerprint density at radius 1 is 0.867 bits per heavy atom. The van der Waals surface area contributed by atoms with Gasteiger partial charge in [-0.3, -0.25) is 19.4 Å². The first-order chi connectivity index (χ1) is 14.5. The molecule has 30 heavy (non-hydrogen) atoms. The smallest absolute Gasteiger partial charge is 0.255 e. The van der Waals surface area contributed by atoms with E-state index in [2.05, 4.69) is 0 Å². The molecular formula is C25H24N2O3. The van der Waals surface area contributed by atoms with Crippen LogP contribution in [0.15, 0.2) is 72.8 Å². The molecule has 0 spiro atoms. The van der Waals surface area contributed by atoms with E-state index in [4.69, 9.17) is 4.74 Å². The number of benzene rings is 3. The third-order valence-corrected chi connectivity index (χ3v) is 5.42. The molecular weight excluding hydrogens is 376 g/mol. The second-order valence-electron chi connectivity index (χ2n) is 7.46. The number of nitrogens with zero attached hydrogens (tertiary/aromatic N) is 2. The number of piperazine rings is 1. The van der Waals surface area contributed by atoms with Crippen molar-refractivity contribution in [3.63, 3.8) is 0 Å². The van der Waals surface area contributed by atoms with E-state index in [1.807, 2.05) is 74.5 Å². The first-order valence-corrected chi connectivity index (χ1v) is 9.90. The van der Waals surface area contributed by atoms with Crippen LogP contribution < -0.4 is 14.5 Å². The molecule has 0 bridgehead atoms. The van der Waals surface area contributed by atoms with Crippen LogP contribution in [0.1, 0.15) is 22.7 Å². The topological polar surface area (TPSA) is 49.9 Å². The van der Waals surface area contributed by atoms with Crippen molar-refractivity contribution in [1.29, 1.82) is 0 Å². The number of methoxy groups -OCH3 is 1. The van der Waals surface area contributed by atoms with Gasteiger partial charge in [-0.2, -0.15) is 0 Å². The predicted molar refractivity (Wildman–Crippen MR) is 118 cm³/mol. The van der Waals surface area contributed by atoms with Crippen LogP contribution in [0.2, 0.25) is 0 Å². The number of hydrogen-bond acceptors (Lipinski definition) is 3. The lowest BCUT2D eigenvalue weighted by Gasteiger charge is -2.41. The van der Waals surface area contributed by atoms with E-state index < -0.39 is 6.04 Å². The molecule has 152 valence electrons. The molecule has 3 aromatic rings. The lowest BCUT2D eigenvalue weighted by atomic mass is 9.98. The molecule has 1 aliphatic heterocycles. The van der Waals surface area contributed by atoms with Gasteiger partial charge in [0.1, 0.15) is 18.3 Å². The maximum atomic E-state index is 13.8. The van der Waals surface area contributed by atoms with Crippen molar-refractivity contribution in [2.24, 2.45) is 0 Å². The fourth-order valence-electron chi connectivity index (χ4n) is 4.02. The lowest BCUT2D eigenvalue weighted by Crippen LogP contribution is -2.56. The second kappa shape index (κ2) is 8.03. The maximum absolute atomic E-state index is 13.8. The summed E-state index contributed by atoms with van der Waals surface area (Å²) in [5, 5.41) is 0. The molecule has 1 fully saturated rings. The third-order valence-electron chi connectivity index (χ3n) is 5.42. The summed E-state index contributed by atoms with van der Waals surface area (Å²) >= 11 is 0. The number of carbonyl (C=O) groups excluding carboxylic acids is 2. The first-order valence-electron chi connectivity index (χ1n) is 9.90. The monoisotopic (exact) mass is 400 g/mol. The number of para-hydroxylation sites is 2. The Hall–Kier alpha value is -3.60. The molecule has 1 aliphatic rings. The highest BCUT2D eigenvalue weighted by molar-refractivity contribution is 6.15. The summed E-state index contributed by atoms with van der Waals surface area (Å²) in [6, 6.07) is 21.9. The fraction of sp³-hybridized carbons (Fsp3) is 0.200. The van der Waals surface area contributed by atoms with Gasteiger partial charge in [-0.1, -0.05) is 60.2 Å². The van der Waals surface area contributed by atoms with Gasteiger partial charge >= 0.3 is 0 Å². The van der Waals surface area contributed by atoms with Gasteiger partial charge in [0, 0.05) is 5.69 Å². The highest BCUT2D eigenvalue weighted by Gasteiger charge is 2.42. The first kappa shape index (κ1) is 19.7. The molecule has 0 aromatic heterocycles. The predicted octanol–water partition coefficient (Wildman–Crippen LogP) is 4.43. The quantitative estimate of drug-likeness (QED) is 0.651. The van der Waals surface area contributed by atoms with Crippen LogP contribution in [0.4, 0.5) is 11.4 Å². The highest BCUT2D eigenvalue weighted by atomic mass is 16.5. The van der Waals surface area contributed by atoms with E-state index >= 15 is 0 Å². The average Bonchev–Trinajstić information content (AvgIpc) is 2.76. The second-order valence-corrected chi connectivity index (χ2v) is 7.46. The van der Waals surface area contributed by atoms with Crippen molar-refractivity contribution in [1.82, 2.24) is 0 Å². The van der Waals surface area contributed by atoms with Crippen molar-refractivity contribution in [2.45, 2.75) is 19.9 Å². The van der Waals surface area contributed by atoms with Crippen molar-refractivity contribution < 1.29 is 14.3 Å². The van der Waals surface area contributed by atoms with E-state index in [-0.39, 0.29) is 18.4 Å². The molecule has 1 unspecified atom stereocenters. The van der Waals surface area contributed by atoms with Crippen LogP contribution in [-0.4, -0.2) is 25.5 Å². The van der Waals surface area contributed by atoms with E-state index in [9.17, 15) is 9.59 Å². The summed E-state index contributed by atoms with van der Waals surface area (Å²) in [5.74, 6) is 0.261. The summed E-state index contributed by atoms with van der Waals surface area (Å²) in [6.45, 7) is 3.93. The van der Waals surface area contributed by atoms with Gasteiger partial charge in [0.15, 0.2) is 0 Å². The van der Waals surface area contributed by atoms with Crippen LogP contribution in [0.25, 0.3) is 0 Å². The molecule has 1 atom stereocenters. The lowest BCUT2D eigenvalue weighted by molar-refractivity contribution is -0.128. The number of anilines is 2. The SMILES string of the molecule is COc1ccccc1N1CC(=O)N(c2ccc(C)cc2C)C(c2ccccc2)C1=O. The minimum absolute atomic E-state index is 0.0458. The Bertz CT molecular complexity index is 1090. The normalized spacial score (nSPS) is 16.7. The number of ether oxygens (including phenoxy) is 1. The number of hydrogen-bond donors (Lipinski definition) is 0. The molecule has 4 rings (SSSR count). The summed E-state index contributed by atoms with van der Waals surface area (Å²) in [4.78, 5) is 30.4. The zero-order valence-electron chi connectivity index (χ0n) is 17.3. The van der Waals surface area contributed by atoms with Gasteiger partial charge in [-0.05, 0) is 43.2 Å².